The van der Waals surface area contributed by atoms with Crippen LogP contribution in [0, 0.1) is 5.92 Å². The van der Waals surface area contributed by atoms with Gasteiger partial charge in [-0.25, -0.2) is 8.42 Å². The third-order valence-electron chi connectivity index (χ3n) is 3.31. The Balaban J connectivity index is 2.17. The second-order valence-corrected chi connectivity index (χ2v) is 6.62. The molecule has 3 nitrogen and oxygen atoms in total. The van der Waals surface area contributed by atoms with Gasteiger partial charge in [-0.2, -0.15) is 0 Å². The molecule has 0 N–H and O–H groups in total. The Labute approximate surface area is 84.0 Å². The van der Waals surface area contributed by atoms with E-state index in [1.807, 2.05) is 6.92 Å². The highest BCUT2D eigenvalue weighted by Crippen LogP contribution is 2.37. The molecule has 2 heterocycles. The van der Waals surface area contributed by atoms with E-state index in [0.717, 1.165) is 6.54 Å². The van der Waals surface area contributed by atoms with Crippen molar-refractivity contribution in [2.24, 2.45) is 5.92 Å². The van der Waals surface area contributed by atoms with Crippen molar-refractivity contribution >= 4 is 21.4 Å². The number of sulfone groups is 1. The van der Waals surface area contributed by atoms with Crippen LogP contribution >= 0.6 is 11.6 Å². The Morgan fingerprint density at radius 3 is 2.62 bits per heavy atom. The Kier molecular flexibility index (Phi) is 2.33. The van der Waals surface area contributed by atoms with Crippen LogP contribution in [-0.2, 0) is 9.84 Å². The fraction of sp³-hybridized carbons (Fsp3) is 1.00. The molecule has 2 saturated heterocycles. The first-order chi connectivity index (χ1) is 6.06. The molecule has 2 aliphatic rings. The van der Waals surface area contributed by atoms with E-state index in [0.29, 0.717) is 24.1 Å². The van der Waals surface area contributed by atoms with Crippen molar-refractivity contribution in [3.63, 3.8) is 0 Å². The number of alkyl halides is 1. The molecule has 0 aromatic rings. The molecule has 0 spiro atoms. The van der Waals surface area contributed by atoms with Gasteiger partial charge in [0.15, 0.2) is 9.84 Å². The summed E-state index contributed by atoms with van der Waals surface area (Å²) in [6.45, 7) is 3.55. The van der Waals surface area contributed by atoms with E-state index in [2.05, 4.69) is 4.90 Å². The predicted molar refractivity (Wildman–Crippen MR) is 52.8 cm³/mol. The van der Waals surface area contributed by atoms with Crippen molar-refractivity contribution in [2.75, 3.05) is 24.7 Å². The molecule has 13 heavy (non-hydrogen) atoms. The third kappa shape index (κ3) is 1.39. The van der Waals surface area contributed by atoms with Gasteiger partial charge in [-0.1, -0.05) is 6.92 Å². The lowest BCUT2D eigenvalue weighted by Crippen LogP contribution is -2.41. The van der Waals surface area contributed by atoms with Crippen LogP contribution in [0.3, 0.4) is 0 Å². The number of fused-ring (bicyclic) bond motifs is 2. The molecule has 0 aliphatic carbocycles. The van der Waals surface area contributed by atoms with Crippen molar-refractivity contribution in [3.05, 3.63) is 0 Å². The summed E-state index contributed by atoms with van der Waals surface area (Å²) in [5.41, 5.74) is 0. The number of hydrogen-bond donors (Lipinski definition) is 0. The quantitative estimate of drug-likeness (QED) is 0.634. The molecular weight excluding hydrogens is 210 g/mol. The van der Waals surface area contributed by atoms with Crippen molar-refractivity contribution in [1.82, 2.24) is 4.90 Å². The Bertz CT molecular complexity index is 303. The monoisotopic (exact) mass is 223 g/mol. The summed E-state index contributed by atoms with van der Waals surface area (Å²) < 4.78 is 23.0. The first-order valence-corrected chi connectivity index (χ1v) is 6.83. The minimum absolute atomic E-state index is 0.124. The largest absolute Gasteiger partial charge is 0.297 e. The minimum Gasteiger partial charge on any atom is -0.297 e. The molecule has 2 aliphatic heterocycles. The van der Waals surface area contributed by atoms with Crippen LogP contribution in [0.15, 0.2) is 0 Å². The van der Waals surface area contributed by atoms with E-state index >= 15 is 0 Å². The van der Waals surface area contributed by atoms with E-state index in [9.17, 15) is 8.42 Å². The third-order valence-corrected chi connectivity index (χ3v) is 5.79. The minimum atomic E-state index is -2.77. The van der Waals surface area contributed by atoms with Crippen LogP contribution in [0.25, 0.3) is 0 Å². The van der Waals surface area contributed by atoms with Crippen molar-refractivity contribution in [2.45, 2.75) is 18.2 Å². The van der Waals surface area contributed by atoms with Crippen LogP contribution in [0.5, 0.6) is 0 Å². The zero-order chi connectivity index (χ0) is 9.64. The lowest BCUT2D eigenvalue weighted by Gasteiger charge is -2.25. The molecule has 3 atom stereocenters. The van der Waals surface area contributed by atoms with E-state index < -0.39 is 9.84 Å². The normalized spacial score (nSPS) is 42.8. The lowest BCUT2D eigenvalue weighted by atomic mass is 10.1. The second kappa shape index (κ2) is 3.11. The van der Waals surface area contributed by atoms with Crippen molar-refractivity contribution < 1.29 is 8.42 Å². The van der Waals surface area contributed by atoms with Gasteiger partial charge in [0.1, 0.15) is 0 Å². The van der Waals surface area contributed by atoms with Gasteiger partial charge in [0.05, 0.1) is 11.0 Å². The smallest absolute Gasteiger partial charge is 0.156 e. The number of halogens is 1. The highest BCUT2D eigenvalue weighted by molar-refractivity contribution is 7.92. The Morgan fingerprint density at radius 2 is 2.23 bits per heavy atom. The molecule has 5 heteroatoms. The SMILES string of the molecule is CC1C2CS(=O)(=O)C1CN2CCCl. The number of nitrogens with zero attached hydrogens (tertiary/aromatic N) is 1. The van der Waals surface area contributed by atoms with Crippen LogP contribution in [0.1, 0.15) is 6.92 Å². The van der Waals surface area contributed by atoms with Gasteiger partial charge >= 0.3 is 0 Å². The molecular formula is C8H14ClNO2S. The van der Waals surface area contributed by atoms with Crippen LogP contribution in [0.4, 0.5) is 0 Å². The first kappa shape index (κ1) is 9.74. The first-order valence-electron chi connectivity index (χ1n) is 4.58. The average Bonchev–Trinajstić information content (AvgIpc) is 2.42. The summed E-state index contributed by atoms with van der Waals surface area (Å²) in [5, 5.41) is -0.124. The molecule has 0 amide bonds. The summed E-state index contributed by atoms with van der Waals surface area (Å²) in [6.07, 6.45) is 0. The summed E-state index contributed by atoms with van der Waals surface area (Å²) in [7, 11) is -2.77. The lowest BCUT2D eigenvalue weighted by molar-refractivity contribution is 0.262. The van der Waals surface area contributed by atoms with Crippen molar-refractivity contribution in [1.29, 1.82) is 0 Å². The van der Waals surface area contributed by atoms with E-state index in [-0.39, 0.29) is 11.3 Å². The standard InChI is InChI=1S/C8H14ClNO2S/c1-6-7-5-13(11,12)8(6)4-10(7)3-2-9/h6-8H,2-5H2,1H3. The van der Waals surface area contributed by atoms with E-state index in [1.54, 1.807) is 0 Å². The summed E-state index contributed by atoms with van der Waals surface area (Å²) >= 11 is 5.65. The summed E-state index contributed by atoms with van der Waals surface area (Å²) in [5.74, 6) is 1.24. The highest BCUT2D eigenvalue weighted by Gasteiger charge is 2.53. The van der Waals surface area contributed by atoms with Gasteiger partial charge in [0.2, 0.25) is 0 Å². The van der Waals surface area contributed by atoms with Crippen LogP contribution < -0.4 is 0 Å². The van der Waals surface area contributed by atoms with E-state index in [1.165, 1.54) is 0 Å². The van der Waals surface area contributed by atoms with Gasteiger partial charge in [-0.15, -0.1) is 11.6 Å². The fourth-order valence-electron chi connectivity index (χ4n) is 2.54. The van der Waals surface area contributed by atoms with E-state index in [4.69, 9.17) is 11.6 Å². The van der Waals surface area contributed by atoms with Gasteiger partial charge in [-0.3, -0.25) is 4.90 Å². The number of likely N-dealkylation sites (tertiary alicyclic amines) is 1. The van der Waals surface area contributed by atoms with Gasteiger partial charge in [-0.05, 0) is 5.92 Å². The van der Waals surface area contributed by atoms with Gasteiger partial charge in [0.25, 0.3) is 0 Å². The topological polar surface area (TPSA) is 37.4 Å². The fourth-order valence-corrected chi connectivity index (χ4v) is 5.25. The maximum atomic E-state index is 11.5. The van der Waals surface area contributed by atoms with Gasteiger partial charge in [0, 0.05) is 25.0 Å². The second-order valence-electron chi connectivity index (χ2n) is 3.98. The molecule has 0 aromatic heterocycles. The van der Waals surface area contributed by atoms with Gasteiger partial charge < -0.3 is 0 Å². The summed E-state index contributed by atoms with van der Waals surface area (Å²) in [4.78, 5) is 2.21. The predicted octanol–water partition coefficient (Wildman–Crippen LogP) is 0.343. The van der Waals surface area contributed by atoms with Crippen molar-refractivity contribution in [3.8, 4) is 0 Å². The molecule has 3 unspecified atom stereocenters. The molecule has 0 aromatic carbocycles. The Morgan fingerprint density at radius 1 is 1.54 bits per heavy atom. The number of hydrogen-bond acceptors (Lipinski definition) is 3. The maximum absolute atomic E-state index is 11.5. The molecule has 0 saturated carbocycles. The molecule has 2 rings (SSSR count). The molecule has 0 radical (unpaired) electrons. The number of rotatable bonds is 2. The molecule has 2 fully saturated rings. The highest BCUT2D eigenvalue weighted by atomic mass is 35.5. The molecule has 2 bridgehead atoms. The zero-order valence-corrected chi connectivity index (χ0v) is 9.18. The van der Waals surface area contributed by atoms with Crippen LogP contribution in [-0.4, -0.2) is 49.3 Å². The zero-order valence-electron chi connectivity index (χ0n) is 7.61. The maximum Gasteiger partial charge on any atom is 0.156 e. The average molecular weight is 224 g/mol. The molecule has 76 valence electrons. The Hall–Kier alpha value is 0.200. The summed E-state index contributed by atoms with van der Waals surface area (Å²) in [6, 6.07) is 0.230. The van der Waals surface area contributed by atoms with Crippen LogP contribution in [0.2, 0.25) is 0 Å².